The van der Waals surface area contributed by atoms with Crippen LogP contribution in [0.15, 0.2) is 30.3 Å². The summed E-state index contributed by atoms with van der Waals surface area (Å²) in [7, 11) is 0. The van der Waals surface area contributed by atoms with Gasteiger partial charge in [-0.05, 0) is 12.5 Å². The number of carbonyl (C=O) groups is 1. The smallest absolute Gasteiger partial charge is 0.338 e. The first kappa shape index (κ1) is 11.7. The zero-order valence-corrected chi connectivity index (χ0v) is 8.46. The second-order valence-electron chi connectivity index (χ2n) is 3.05. The molecule has 0 unspecified atom stereocenters. The van der Waals surface area contributed by atoms with Crippen LogP contribution in [0.5, 0.6) is 0 Å². The quantitative estimate of drug-likeness (QED) is 0.716. The molecule has 0 saturated carbocycles. The molecule has 0 amide bonds. The van der Waals surface area contributed by atoms with Crippen LogP contribution in [0.25, 0.3) is 0 Å². The first-order valence-corrected chi connectivity index (χ1v) is 4.74. The Morgan fingerprint density at radius 3 is 2.47 bits per heavy atom. The summed E-state index contributed by atoms with van der Waals surface area (Å²) in [6, 6.07) is 8.49. The average Bonchev–Trinajstić information content (AvgIpc) is 2.28. The van der Waals surface area contributed by atoms with E-state index in [1.54, 1.807) is 37.3 Å². The van der Waals surface area contributed by atoms with Crippen molar-refractivity contribution in [2.24, 2.45) is 0 Å². The molecule has 15 heavy (non-hydrogen) atoms. The SMILES string of the molecule is CCOC(=O)[C@@H](O)[C@H](O)c1ccccc1. The molecule has 1 aromatic carbocycles. The molecule has 82 valence electrons. The van der Waals surface area contributed by atoms with Crippen LogP contribution < -0.4 is 0 Å². The Kier molecular flexibility index (Phi) is 4.27. The van der Waals surface area contributed by atoms with E-state index in [1.165, 1.54) is 0 Å². The predicted octanol–water partition coefficient (Wildman–Crippen LogP) is 0.644. The molecule has 0 radical (unpaired) electrons. The van der Waals surface area contributed by atoms with Gasteiger partial charge in [-0.15, -0.1) is 0 Å². The molecule has 1 rings (SSSR count). The minimum absolute atomic E-state index is 0.178. The lowest BCUT2D eigenvalue weighted by Gasteiger charge is -2.16. The van der Waals surface area contributed by atoms with Crippen molar-refractivity contribution in [2.45, 2.75) is 19.1 Å². The lowest BCUT2D eigenvalue weighted by atomic mass is 10.0. The van der Waals surface area contributed by atoms with Crippen LogP contribution in [0.4, 0.5) is 0 Å². The van der Waals surface area contributed by atoms with Crippen LogP contribution in [-0.2, 0) is 9.53 Å². The Morgan fingerprint density at radius 2 is 1.93 bits per heavy atom. The number of hydrogen-bond acceptors (Lipinski definition) is 4. The number of hydrogen-bond donors (Lipinski definition) is 2. The highest BCUT2D eigenvalue weighted by Gasteiger charge is 2.26. The van der Waals surface area contributed by atoms with Crippen molar-refractivity contribution in [2.75, 3.05) is 6.61 Å². The first-order valence-electron chi connectivity index (χ1n) is 4.74. The second-order valence-corrected chi connectivity index (χ2v) is 3.05. The lowest BCUT2D eigenvalue weighted by Crippen LogP contribution is -2.29. The molecule has 0 aliphatic heterocycles. The molecule has 0 aliphatic rings. The van der Waals surface area contributed by atoms with Crippen molar-refractivity contribution < 1.29 is 19.7 Å². The van der Waals surface area contributed by atoms with Crippen LogP contribution in [-0.4, -0.2) is 28.9 Å². The first-order chi connectivity index (χ1) is 7.16. The summed E-state index contributed by atoms with van der Waals surface area (Å²) in [6.07, 6.45) is -2.78. The van der Waals surface area contributed by atoms with Crippen molar-refractivity contribution >= 4 is 5.97 Å². The predicted molar refractivity (Wildman–Crippen MR) is 54.0 cm³/mol. The van der Waals surface area contributed by atoms with Gasteiger partial charge < -0.3 is 14.9 Å². The third-order valence-electron chi connectivity index (χ3n) is 1.97. The Bertz CT molecular complexity index is 310. The summed E-state index contributed by atoms with van der Waals surface area (Å²) in [5, 5.41) is 19.1. The molecule has 0 saturated heterocycles. The van der Waals surface area contributed by atoms with Gasteiger partial charge in [0, 0.05) is 0 Å². The number of aliphatic hydroxyl groups is 2. The monoisotopic (exact) mass is 210 g/mol. The zero-order chi connectivity index (χ0) is 11.3. The van der Waals surface area contributed by atoms with Crippen molar-refractivity contribution in [3.05, 3.63) is 35.9 Å². The van der Waals surface area contributed by atoms with Gasteiger partial charge in [-0.1, -0.05) is 30.3 Å². The number of carbonyl (C=O) groups excluding carboxylic acids is 1. The molecule has 0 heterocycles. The summed E-state index contributed by atoms with van der Waals surface area (Å²) in [6.45, 7) is 1.82. The number of rotatable bonds is 4. The largest absolute Gasteiger partial charge is 0.464 e. The van der Waals surface area contributed by atoms with E-state index in [1.807, 2.05) is 0 Å². The fourth-order valence-electron chi connectivity index (χ4n) is 1.19. The van der Waals surface area contributed by atoms with E-state index >= 15 is 0 Å². The average molecular weight is 210 g/mol. The third-order valence-corrected chi connectivity index (χ3v) is 1.97. The summed E-state index contributed by atoms with van der Waals surface area (Å²) in [4.78, 5) is 11.1. The molecule has 0 spiro atoms. The minimum Gasteiger partial charge on any atom is -0.464 e. The molecule has 2 N–H and O–H groups in total. The molecule has 0 aliphatic carbocycles. The zero-order valence-electron chi connectivity index (χ0n) is 8.46. The highest BCUT2D eigenvalue weighted by Crippen LogP contribution is 2.17. The van der Waals surface area contributed by atoms with E-state index in [0.29, 0.717) is 5.56 Å². The molecule has 0 bridgehead atoms. The fourth-order valence-corrected chi connectivity index (χ4v) is 1.19. The van der Waals surface area contributed by atoms with Crippen LogP contribution in [0.1, 0.15) is 18.6 Å². The molecular weight excluding hydrogens is 196 g/mol. The molecular formula is C11H14O4. The number of aliphatic hydroxyl groups excluding tert-OH is 2. The van der Waals surface area contributed by atoms with E-state index in [2.05, 4.69) is 4.74 Å². The van der Waals surface area contributed by atoms with Gasteiger partial charge in [0.1, 0.15) is 6.10 Å². The number of benzene rings is 1. The van der Waals surface area contributed by atoms with Crippen LogP contribution in [0.3, 0.4) is 0 Å². The second kappa shape index (κ2) is 5.48. The summed E-state index contributed by atoms with van der Waals surface area (Å²) in [5.41, 5.74) is 0.484. The van der Waals surface area contributed by atoms with Crippen molar-refractivity contribution in [3.63, 3.8) is 0 Å². The molecule has 4 nitrogen and oxygen atoms in total. The van der Waals surface area contributed by atoms with Crippen molar-refractivity contribution in [1.82, 2.24) is 0 Å². The highest BCUT2D eigenvalue weighted by atomic mass is 16.5. The standard InChI is InChI=1S/C11H14O4/c1-2-15-11(14)10(13)9(12)8-6-4-3-5-7-8/h3-7,9-10,12-13H,2H2,1H3/t9-,10+/m1/s1. The Hall–Kier alpha value is -1.39. The normalized spacial score (nSPS) is 14.3. The van der Waals surface area contributed by atoms with Gasteiger partial charge >= 0.3 is 5.97 Å². The topological polar surface area (TPSA) is 66.8 Å². The molecule has 0 fully saturated rings. The maximum atomic E-state index is 11.1. The fraction of sp³-hybridized carbons (Fsp3) is 0.364. The van der Waals surface area contributed by atoms with E-state index in [-0.39, 0.29) is 6.61 Å². The van der Waals surface area contributed by atoms with Gasteiger partial charge in [0.25, 0.3) is 0 Å². The number of esters is 1. The maximum absolute atomic E-state index is 11.1. The van der Waals surface area contributed by atoms with Crippen LogP contribution >= 0.6 is 0 Å². The van der Waals surface area contributed by atoms with Crippen molar-refractivity contribution in [3.8, 4) is 0 Å². The Labute approximate surface area is 88.1 Å². The van der Waals surface area contributed by atoms with E-state index in [9.17, 15) is 15.0 Å². The van der Waals surface area contributed by atoms with Gasteiger partial charge in [-0.25, -0.2) is 4.79 Å². The van der Waals surface area contributed by atoms with E-state index < -0.39 is 18.2 Å². The van der Waals surface area contributed by atoms with Crippen LogP contribution in [0.2, 0.25) is 0 Å². The lowest BCUT2D eigenvalue weighted by molar-refractivity contribution is -0.159. The molecule has 0 aromatic heterocycles. The number of ether oxygens (including phenoxy) is 1. The Morgan fingerprint density at radius 1 is 1.33 bits per heavy atom. The minimum atomic E-state index is -1.53. The summed E-state index contributed by atoms with van der Waals surface area (Å²) < 4.78 is 4.60. The van der Waals surface area contributed by atoms with Crippen LogP contribution in [0, 0.1) is 0 Å². The van der Waals surface area contributed by atoms with E-state index in [0.717, 1.165) is 0 Å². The van der Waals surface area contributed by atoms with Gasteiger partial charge in [-0.2, -0.15) is 0 Å². The van der Waals surface area contributed by atoms with Gasteiger partial charge in [-0.3, -0.25) is 0 Å². The van der Waals surface area contributed by atoms with Crippen molar-refractivity contribution in [1.29, 1.82) is 0 Å². The molecule has 2 atom stereocenters. The third kappa shape index (κ3) is 3.04. The summed E-state index contributed by atoms with van der Waals surface area (Å²) >= 11 is 0. The maximum Gasteiger partial charge on any atom is 0.338 e. The van der Waals surface area contributed by atoms with Gasteiger partial charge in [0.05, 0.1) is 6.61 Å². The highest BCUT2D eigenvalue weighted by molar-refractivity contribution is 5.75. The van der Waals surface area contributed by atoms with E-state index in [4.69, 9.17) is 0 Å². The summed E-state index contributed by atoms with van der Waals surface area (Å²) in [5.74, 6) is -0.811. The van der Waals surface area contributed by atoms with Gasteiger partial charge in [0.15, 0.2) is 6.10 Å². The van der Waals surface area contributed by atoms with Gasteiger partial charge in [0.2, 0.25) is 0 Å². The Balaban J connectivity index is 2.68. The molecule has 1 aromatic rings. The molecule has 4 heteroatoms.